The molecule has 176 valence electrons. The van der Waals surface area contributed by atoms with Crippen LogP contribution in [0.4, 0.5) is 28.8 Å². The van der Waals surface area contributed by atoms with Crippen molar-refractivity contribution in [2.45, 2.75) is 6.92 Å². The van der Waals surface area contributed by atoms with Gasteiger partial charge in [0.05, 0.1) is 50.8 Å². The molecule has 0 amide bonds. The first-order valence-corrected chi connectivity index (χ1v) is 11.9. The molecule has 0 aliphatic carbocycles. The van der Waals surface area contributed by atoms with E-state index >= 15 is 0 Å². The van der Waals surface area contributed by atoms with Crippen LogP contribution in [-0.2, 0) is 10.0 Å². The first kappa shape index (κ1) is 24.2. The molecule has 0 radical (unpaired) electrons. The Morgan fingerprint density at radius 2 is 1.64 bits per heavy atom. The normalized spacial score (nSPS) is 11.0. The molecular formula is C21H24ClN5O5S. The minimum absolute atomic E-state index is 0.232. The number of anilines is 5. The third-order valence-corrected chi connectivity index (χ3v) is 5.35. The molecule has 3 N–H and O–H groups in total. The molecule has 2 aromatic carbocycles. The summed E-state index contributed by atoms with van der Waals surface area (Å²) < 4.78 is 42.1. The number of hydrogen-bond acceptors (Lipinski definition) is 9. The summed E-state index contributed by atoms with van der Waals surface area (Å²) in [4.78, 5) is 8.64. The minimum atomic E-state index is -3.54. The van der Waals surface area contributed by atoms with Gasteiger partial charge in [-0.1, -0.05) is 11.6 Å². The second-order valence-corrected chi connectivity index (χ2v) is 9.10. The lowest BCUT2D eigenvalue weighted by Crippen LogP contribution is -2.11. The number of aromatic nitrogens is 2. The molecule has 1 aromatic heterocycles. The number of rotatable bonds is 9. The quantitative estimate of drug-likeness (QED) is 0.399. The van der Waals surface area contributed by atoms with E-state index in [-0.39, 0.29) is 22.5 Å². The molecule has 0 saturated carbocycles. The molecule has 10 nitrogen and oxygen atoms in total. The number of benzene rings is 2. The van der Waals surface area contributed by atoms with Crippen molar-refractivity contribution in [1.82, 2.24) is 9.97 Å². The zero-order valence-electron chi connectivity index (χ0n) is 18.7. The van der Waals surface area contributed by atoms with Gasteiger partial charge in [-0.25, -0.2) is 13.4 Å². The van der Waals surface area contributed by atoms with Crippen molar-refractivity contribution in [2.75, 3.05) is 42.9 Å². The van der Waals surface area contributed by atoms with E-state index in [1.807, 2.05) is 13.0 Å². The van der Waals surface area contributed by atoms with Crippen LogP contribution in [0, 0.1) is 6.92 Å². The van der Waals surface area contributed by atoms with Gasteiger partial charge in [0.2, 0.25) is 16.0 Å². The highest BCUT2D eigenvalue weighted by Crippen LogP contribution is 2.35. The zero-order valence-corrected chi connectivity index (χ0v) is 20.3. The highest BCUT2D eigenvalue weighted by Gasteiger charge is 2.14. The number of nitrogens with zero attached hydrogens (tertiary/aromatic N) is 2. The van der Waals surface area contributed by atoms with Crippen molar-refractivity contribution in [1.29, 1.82) is 0 Å². The Balaban J connectivity index is 1.95. The molecule has 12 heteroatoms. The molecule has 0 fully saturated rings. The second kappa shape index (κ2) is 10.0. The standard InChI is InChI=1S/C21H24ClN5O5S/c1-12-8-19(32-4)17(10-18(12)31-3)25-21-23-11-14(22)20(26-21)24-15-7-6-13(30-2)9-16(15)27-33(5,28)29/h6-11,27H,1-5H3,(H2,23,24,25,26). The summed E-state index contributed by atoms with van der Waals surface area (Å²) in [6, 6.07) is 8.47. The summed E-state index contributed by atoms with van der Waals surface area (Å²) >= 11 is 6.30. The second-order valence-electron chi connectivity index (χ2n) is 6.95. The number of ether oxygens (including phenoxy) is 3. The summed E-state index contributed by atoms with van der Waals surface area (Å²) in [5.74, 6) is 2.21. The van der Waals surface area contributed by atoms with E-state index in [1.54, 1.807) is 38.5 Å². The van der Waals surface area contributed by atoms with E-state index in [0.29, 0.717) is 28.6 Å². The van der Waals surface area contributed by atoms with Crippen molar-refractivity contribution in [3.8, 4) is 17.2 Å². The molecule has 33 heavy (non-hydrogen) atoms. The molecule has 0 unspecified atom stereocenters. The summed E-state index contributed by atoms with van der Waals surface area (Å²) in [5.41, 5.74) is 2.19. The van der Waals surface area contributed by atoms with Crippen molar-refractivity contribution in [3.05, 3.63) is 47.1 Å². The highest BCUT2D eigenvalue weighted by atomic mass is 35.5. The molecule has 1 heterocycles. The number of aryl methyl sites for hydroxylation is 1. The van der Waals surface area contributed by atoms with Crippen LogP contribution in [0.1, 0.15) is 5.56 Å². The Hall–Kier alpha value is -3.44. The van der Waals surface area contributed by atoms with Crippen LogP contribution in [-0.4, -0.2) is 46.0 Å². The van der Waals surface area contributed by atoms with Gasteiger partial charge in [0.25, 0.3) is 0 Å². The molecule has 0 bridgehead atoms. The van der Waals surface area contributed by atoms with E-state index < -0.39 is 10.0 Å². The fourth-order valence-corrected chi connectivity index (χ4v) is 3.66. The van der Waals surface area contributed by atoms with Gasteiger partial charge in [0, 0.05) is 12.1 Å². The highest BCUT2D eigenvalue weighted by molar-refractivity contribution is 7.92. The lowest BCUT2D eigenvalue weighted by molar-refractivity contribution is 0.402. The number of sulfonamides is 1. The van der Waals surface area contributed by atoms with Crippen LogP contribution in [0.25, 0.3) is 0 Å². The monoisotopic (exact) mass is 493 g/mol. The number of hydrogen-bond donors (Lipinski definition) is 3. The maximum atomic E-state index is 11.8. The van der Waals surface area contributed by atoms with Gasteiger partial charge in [0.1, 0.15) is 22.3 Å². The van der Waals surface area contributed by atoms with Crippen molar-refractivity contribution >= 4 is 50.5 Å². The molecule has 0 atom stereocenters. The van der Waals surface area contributed by atoms with Crippen molar-refractivity contribution < 1.29 is 22.6 Å². The predicted octanol–water partition coefficient (Wildman–Crippen LogP) is 4.32. The third kappa shape index (κ3) is 6.08. The lowest BCUT2D eigenvalue weighted by Gasteiger charge is -2.16. The molecule has 0 aliphatic heterocycles. The minimum Gasteiger partial charge on any atom is -0.497 e. The molecule has 0 aliphatic rings. The van der Waals surface area contributed by atoms with E-state index in [0.717, 1.165) is 11.8 Å². The summed E-state index contributed by atoms with van der Waals surface area (Å²) in [5, 5.41) is 6.36. The van der Waals surface area contributed by atoms with E-state index in [4.69, 9.17) is 25.8 Å². The Morgan fingerprint density at radius 1 is 0.909 bits per heavy atom. The van der Waals surface area contributed by atoms with Gasteiger partial charge in [-0.05, 0) is 30.7 Å². The van der Waals surface area contributed by atoms with Crippen LogP contribution < -0.4 is 29.6 Å². The van der Waals surface area contributed by atoms with Gasteiger partial charge < -0.3 is 24.8 Å². The zero-order chi connectivity index (χ0) is 24.2. The van der Waals surface area contributed by atoms with Gasteiger partial charge in [0.15, 0.2) is 5.82 Å². The Labute approximate surface area is 197 Å². The van der Waals surface area contributed by atoms with Crippen LogP contribution in [0.15, 0.2) is 36.5 Å². The topological polar surface area (TPSA) is 124 Å². The van der Waals surface area contributed by atoms with Gasteiger partial charge in [-0.15, -0.1) is 0 Å². The van der Waals surface area contributed by atoms with Crippen LogP contribution >= 0.6 is 11.6 Å². The number of nitrogens with one attached hydrogen (secondary N) is 3. The molecule has 0 spiro atoms. The first-order valence-electron chi connectivity index (χ1n) is 9.58. The molecule has 0 saturated heterocycles. The molecule has 3 aromatic rings. The van der Waals surface area contributed by atoms with Gasteiger partial charge in [-0.3, -0.25) is 4.72 Å². The largest absolute Gasteiger partial charge is 0.497 e. The Morgan fingerprint density at radius 3 is 2.27 bits per heavy atom. The maximum Gasteiger partial charge on any atom is 0.229 e. The van der Waals surface area contributed by atoms with E-state index in [1.165, 1.54) is 13.3 Å². The molecule has 3 rings (SSSR count). The fourth-order valence-electron chi connectivity index (χ4n) is 2.95. The third-order valence-electron chi connectivity index (χ3n) is 4.48. The smallest absolute Gasteiger partial charge is 0.229 e. The fraction of sp³-hybridized carbons (Fsp3) is 0.238. The van der Waals surface area contributed by atoms with Crippen LogP contribution in [0.5, 0.6) is 17.2 Å². The summed E-state index contributed by atoms with van der Waals surface area (Å²) in [6.45, 7) is 1.91. The SMILES string of the molecule is COc1ccc(Nc2nc(Nc3cc(OC)c(C)cc3OC)ncc2Cl)c(NS(C)(=O)=O)c1. The van der Waals surface area contributed by atoms with Gasteiger partial charge in [-0.2, -0.15) is 4.98 Å². The summed E-state index contributed by atoms with van der Waals surface area (Å²) in [6.07, 6.45) is 2.48. The van der Waals surface area contributed by atoms with E-state index in [9.17, 15) is 8.42 Å². The van der Waals surface area contributed by atoms with Crippen molar-refractivity contribution in [3.63, 3.8) is 0 Å². The van der Waals surface area contributed by atoms with Crippen LogP contribution in [0.3, 0.4) is 0 Å². The molecular weight excluding hydrogens is 470 g/mol. The van der Waals surface area contributed by atoms with E-state index in [2.05, 4.69) is 25.3 Å². The maximum absolute atomic E-state index is 11.8. The predicted molar refractivity (Wildman–Crippen MR) is 129 cm³/mol. The van der Waals surface area contributed by atoms with Crippen molar-refractivity contribution in [2.24, 2.45) is 0 Å². The Bertz CT molecular complexity index is 1270. The average Bonchev–Trinajstić information content (AvgIpc) is 2.76. The Kier molecular flexibility index (Phi) is 7.34. The summed E-state index contributed by atoms with van der Waals surface area (Å²) in [7, 11) is 1.08. The number of halogens is 1. The lowest BCUT2D eigenvalue weighted by atomic mass is 10.2. The first-order chi connectivity index (χ1) is 15.6. The number of methoxy groups -OCH3 is 3. The van der Waals surface area contributed by atoms with Crippen LogP contribution in [0.2, 0.25) is 5.02 Å². The average molecular weight is 494 g/mol. The van der Waals surface area contributed by atoms with Gasteiger partial charge >= 0.3 is 0 Å².